The van der Waals surface area contributed by atoms with E-state index in [1.165, 1.54) is 6.20 Å². The van der Waals surface area contributed by atoms with E-state index in [1.807, 2.05) is 13.0 Å². The van der Waals surface area contributed by atoms with E-state index in [0.29, 0.717) is 18.7 Å². The Morgan fingerprint density at radius 3 is 2.75 bits per heavy atom. The lowest BCUT2D eigenvalue weighted by Gasteiger charge is -2.17. The minimum absolute atomic E-state index is 0.135. The summed E-state index contributed by atoms with van der Waals surface area (Å²) in [4.78, 5) is 0.135. The molecule has 88 valence electrons. The monoisotopic (exact) mass is 242 g/mol. The van der Waals surface area contributed by atoms with E-state index in [-0.39, 0.29) is 11.4 Å². The average Bonchev–Trinajstić information content (AvgIpc) is 2.65. The lowest BCUT2D eigenvalue weighted by atomic mass is 10.5. The third-order valence-electron chi connectivity index (χ3n) is 2.12. The summed E-state index contributed by atoms with van der Waals surface area (Å²) in [5.41, 5.74) is 0.485. The molecule has 1 aromatic rings. The van der Waals surface area contributed by atoms with Gasteiger partial charge in [0.1, 0.15) is 11.4 Å². The van der Waals surface area contributed by atoms with E-state index < -0.39 is 10.0 Å². The SMILES string of the molecule is CCCN(CC#N)S(=O)(=O)c1cn[nH]c1C. The molecule has 0 unspecified atom stereocenters. The van der Waals surface area contributed by atoms with Crippen molar-refractivity contribution in [2.24, 2.45) is 0 Å². The first-order valence-corrected chi connectivity index (χ1v) is 6.35. The quantitative estimate of drug-likeness (QED) is 0.767. The first-order valence-electron chi connectivity index (χ1n) is 4.91. The fourth-order valence-electron chi connectivity index (χ4n) is 1.35. The summed E-state index contributed by atoms with van der Waals surface area (Å²) in [5.74, 6) is 0. The molecule has 0 amide bonds. The number of aryl methyl sites for hydroxylation is 1. The van der Waals surface area contributed by atoms with Crippen molar-refractivity contribution >= 4 is 10.0 Å². The van der Waals surface area contributed by atoms with Crippen molar-refractivity contribution in [1.82, 2.24) is 14.5 Å². The lowest BCUT2D eigenvalue weighted by molar-refractivity contribution is 0.444. The summed E-state index contributed by atoms with van der Waals surface area (Å²) in [6.07, 6.45) is 1.93. The largest absolute Gasteiger partial charge is 0.281 e. The number of H-pyrrole nitrogens is 1. The maximum Gasteiger partial charge on any atom is 0.247 e. The predicted octanol–water partition coefficient (Wildman–Crippen LogP) is 0.642. The number of nitrogens with one attached hydrogen (secondary N) is 1. The summed E-state index contributed by atoms with van der Waals surface area (Å²) < 4.78 is 25.4. The molecule has 0 aliphatic heterocycles. The summed E-state index contributed by atoms with van der Waals surface area (Å²) in [6.45, 7) is 3.69. The highest BCUT2D eigenvalue weighted by molar-refractivity contribution is 7.89. The molecule has 0 aliphatic carbocycles. The van der Waals surface area contributed by atoms with Gasteiger partial charge in [0.2, 0.25) is 10.0 Å². The molecule has 0 saturated carbocycles. The number of aromatic amines is 1. The van der Waals surface area contributed by atoms with Gasteiger partial charge < -0.3 is 0 Å². The average molecular weight is 242 g/mol. The zero-order valence-corrected chi connectivity index (χ0v) is 10.1. The van der Waals surface area contributed by atoms with Crippen LogP contribution in [-0.2, 0) is 10.0 Å². The first kappa shape index (κ1) is 12.7. The third kappa shape index (κ3) is 2.40. The van der Waals surface area contributed by atoms with Crippen LogP contribution in [0.4, 0.5) is 0 Å². The Morgan fingerprint density at radius 2 is 2.31 bits per heavy atom. The van der Waals surface area contributed by atoms with Crippen LogP contribution in [0.25, 0.3) is 0 Å². The standard InChI is InChI=1S/C9H14N4O2S/c1-3-5-13(6-4-10)16(14,15)9-7-11-12-8(9)2/h7H,3,5-6H2,1-2H3,(H,11,12). The molecule has 0 aliphatic rings. The fraction of sp³-hybridized carbons (Fsp3) is 0.556. The molecule has 7 heteroatoms. The number of nitriles is 1. The van der Waals surface area contributed by atoms with Crippen molar-refractivity contribution in [2.45, 2.75) is 25.2 Å². The summed E-state index contributed by atoms with van der Waals surface area (Å²) >= 11 is 0. The van der Waals surface area contributed by atoms with E-state index in [0.717, 1.165) is 4.31 Å². The van der Waals surface area contributed by atoms with Crippen LogP contribution >= 0.6 is 0 Å². The number of nitrogens with zero attached hydrogens (tertiary/aromatic N) is 3. The summed E-state index contributed by atoms with van der Waals surface area (Å²) in [7, 11) is -3.60. The van der Waals surface area contributed by atoms with Gasteiger partial charge in [-0.1, -0.05) is 6.92 Å². The zero-order valence-electron chi connectivity index (χ0n) is 9.27. The smallest absolute Gasteiger partial charge is 0.247 e. The molecule has 1 aromatic heterocycles. The highest BCUT2D eigenvalue weighted by Crippen LogP contribution is 2.17. The number of aromatic nitrogens is 2. The second-order valence-corrected chi connectivity index (χ2v) is 5.26. The Labute approximate surface area is 94.9 Å². The van der Waals surface area contributed by atoms with Crippen LogP contribution < -0.4 is 0 Å². The van der Waals surface area contributed by atoms with E-state index in [2.05, 4.69) is 10.2 Å². The minimum Gasteiger partial charge on any atom is -0.281 e. The van der Waals surface area contributed by atoms with E-state index in [9.17, 15) is 8.42 Å². The van der Waals surface area contributed by atoms with Crippen molar-refractivity contribution in [3.05, 3.63) is 11.9 Å². The zero-order chi connectivity index (χ0) is 12.2. The Balaban J connectivity index is 3.09. The summed E-state index contributed by atoms with van der Waals surface area (Å²) in [5, 5.41) is 14.9. The molecular weight excluding hydrogens is 228 g/mol. The Hall–Kier alpha value is -1.39. The normalized spacial score (nSPS) is 11.6. The molecule has 0 aromatic carbocycles. The predicted molar refractivity (Wildman–Crippen MR) is 58.0 cm³/mol. The van der Waals surface area contributed by atoms with Gasteiger partial charge in [0.15, 0.2) is 0 Å². The van der Waals surface area contributed by atoms with Gasteiger partial charge in [-0.3, -0.25) is 5.10 Å². The third-order valence-corrected chi connectivity index (χ3v) is 4.08. The van der Waals surface area contributed by atoms with Gasteiger partial charge in [-0.05, 0) is 13.3 Å². The Kier molecular flexibility index (Phi) is 4.04. The van der Waals surface area contributed by atoms with Crippen LogP contribution in [0.1, 0.15) is 19.0 Å². The van der Waals surface area contributed by atoms with Crippen LogP contribution in [-0.4, -0.2) is 36.0 Å². The van der Waals surface area contributed by atoms with Crippen molar-refractivity contribution < 1.29 is 8.42 Å². The van der Waals surface area contributed by atoms with Crippen molar-refractivity contribution in [2.75, 3.05) is 13.1 Å². The van der Waals surface area contributed by atoms with Gasteiger partial charge >= 0.3 is 0 Å². The topological polar surface area (TPSA) is 89.8 Å². The van der Waals surface area contributed by atoms with Crippen LogP contribution in [0.15, 0.2) is 11.1 Å². The molecule has 0 radical (unpaired) electrons. The van der Waals surface area contributed by atoms with Crippen LogP contribution in [0, 0.1) is 18.3 Å². The van der Waals surface area contributed by atoms with Crippen LogP contribution in [0.2, 0.25) is 0 Å². The molecule has 1 rings (SSSR count). The lowest BCUT2D eigenvalue weighted by Crippen LogP contribution is -2.32. The first-order chi connectivity index (χ1) is 7.54. The Morgan fingerprint density at radius 1 is 1.62 bits per heavy atom. The molecule has 0 fully saturated rings. The fourth-order valence-corrected chi connectivity index (χ4v) is 2.90. The summed E-state index contributed by atoms with van der Waals surface area (Å²) in [6, 6.07) is 1.86. The molecule has 0 atom stereocenters. The molecule has 1 heterocycles. The van der Waals surface area contributed by atoms with Gasteiger partial charge in [-0.15, -0.1) is 0 Å². The minimum atomic E-state index is -3.60. The second-order valence-electron chi connectivity index (χ2n) is 3.36. The van der Waals surface area contributed by atoms with Gasteiger partial charge in [-0.25, -0.2) is 8.42 Å². The van der Waals surface area contributed by atoms with Crippen molar-refractivity contribution in [3.8, 4) is 6.07 Å². The maximum absolute atomic E-state index is 12.1. The second kappa shape index (κ2) is 5.09. The molecule has 0 saturated heterocycles. The van der Waals surface area contributed by atoms with Gasteiger partial charge in [0.05, 0.1) is 18.0 Å². The van der Waals surface area contributed by atoms with E-state index in [4.69, 9.17) is 5.26 Å². The van der Waals surface area contributed by atoms with E-state index >= 15 is 0 Å². The number of hydrogen-bond acceptors (Lipinski definition) is 4. The van der Waals surface area contributed by atoms with Gasteiger partial charge in [0.25, 0.3) is 0 Å². The van der Waals surface area contributed by atoms with Gasteiger partial charge in [-0.2, -0.15) is 14.7 Å². The van der Waals surface area contributed by atoms with Crippen molar-refractivity contribution in [3.63, 3.8) is 0 Å². The van der Waals surface area contributed by atoms with Crippen LogP contribution in [0.5, 0.6) is 0 Å². The molecule has 0 bridgehead atoms. The number of hydrogen-bond donors (Lipinski definition) is 1. The Bertz CT molecular complexity index is 486. The van der Waals surface area contributed by atoms with Gasteiger partial charge in [0, 0.05) is 6.54 Å². The highest BCUT2D eigenvalue weighted by Gasteiger charge is 2.26. The van der Waals surface area contributed by atoms with E-state index in [1.54, 1.807) is 6.92 Å². The molecule has 16 heavy (non-hydrogen) atoms. The maximum atomic E-state index is 12.1. The molecule has 1 N–H and O–H groups in total. The van der Waals surface area contributed by atoms with Crippen LogP contribution in [0.3, 0.4) is 0 Å². The molecule has 6 nitrogen and oxygen atoms in total. The van der Waals surface area contributed by atoms with Crippen molar-refractivity contribution in [1.29, 1.82) is 5.26 Å². The molecular formula is C9H14N4O2S. The number of rotatable bonds is 5. The highest BCUT2D eigenvalue weighted by atomic mass is 32.2. The number of sulfonamides is 1. The molecule has 0 spiro atoms.